The summed E-state index contributed by atoms with van der Waals surface area (Å²) in [5.74, 6) is 0.206. The summed E-state index contributed by atoms with van der Waals surface area (Å²) < 4.78 is 0. The Bertz CT molecular complexity index is 302. The normalized spacial score (nSPS) is 13.0. The van der Waals surface area contributed by atoms with E-state index in [1.54, 1.807) is 0 Å². The molecule has 0 saturated heterocycles. The first-order chi connectivity index (χ1) is 5.99. The Morgan fingerprint density at radius 1 is 1.38 bits per heavy atom. The van der Waals surface area contributed by atoms with Crippen molar-refractivity contribution in [3.8, 4) is 0 Å². The van der Waals surface area contributed by atoms with Crippen molar-refractivity contribution in [3.63, 3.8) is 0 Å². The molecule has 1 aromatic rings. The van der Waals surface area contributed by atoms with E-state index in [4.69, 9.17) is 0 Å². The Morgan fingerprint density at radius 3 is 2.54 bits per heavy atom. The Labute approximate surface area is 76.7 Å². The summed E-state index contributed by atoms with van der Waals surface area (Å²) in [7, 11) is 0. The van der Waals surface area contributed by atoms with Crippen LogP contribution in [0.2, 0.25) is 0 Å². The minimum absolute atomic E-state index is 0.206. The van der Waals surface area contributed by atoms with Gasteiger partial charge in [-0.05, 0) is 25.8 Å². The van der Waals surface area contributed by atoms with E-state index in [9.17, 15) is 5.21 Å². The highest BCUT2D eigenvalue weighted by molar-refractivity contribution is 5.09. The van der Waals surface area contributed by atoms with Crippen molar-refractivity contribution in [2.24, 2.45) is 5.11 Å². The number of hydrogen-bond acceptors (Lipinski definition) is 4. The molecule has 0 aliphatic heterocycles. The lowest BCUT2D eigenvalue weighted by atomic mass is 10.1. The van der Waals surface area contributed by atoms with Gasteiger partial charge in [0.15, 0.2) is 6.20 Å². The standard InChI is InChI=1S/C8H12N4O/c1-8(2,3)11-12(13)7-6-9-4-5-10-7/h4-6H,1-3H3. The molecule has 0 unspecified atom stereocenters. The van der Waals surface area contributed by atoms with Crippen LogP contribution in [0.5, 0.6) is 0 Å². The molecule has 0 atom stereocenters. The van der Waals surface area contributed by atoms with E-state index in [2.05, 4.69) is 15.1 Å². The molecule has 0 aromatic carbocycles. The van der Waals surface area contributed by atoms with Crippen LogP contribution in [-0.4, -0.2) is 20.4 Å². The topological polar surface area (TPSA) is 64.2 Å². The number of hydrogen-bond donors (Lipinski definition) is 0. The van der Waals surface area contributed by atoms with Gasteiger partial charge in [-0.1, -0.05) is 0 Å². The smallest absolute Gasteiger partial charge is 0.365 e. The summed E-state index contributed by atoms with van der Waals surface area (Å²) in [6.45, 7) is 5.52. The third-order valence-electron chi connectivity index (χ3n) is 1.14. The maximum absolute atomic E-state index is 11.3. The van der Waals surface area contributed by atoms with Crippen LogP contribution in [0.1, 0.15) is 20.8 Å². The van der Waals surface area contributed by atoms with Gasteiger partial charge in [0, 0.05) is 0 Å². The largest absolute Gasteiger partial charge is 0.691 e. The Morgan fingerprint density at radius 2 is 2.08 bits per heavy atom. The van der Waals surface area contributed by atoms with Gasteiger partial charge in [0.2, 0.25) is 0 Å². The van der Waals surface area contributed by atoms with Gasteiger partial charge in [-0.2, -0.15) is 0 Å². The molecule has 0 spiro atoms. The van der Waals surface area contributed by atoms with Crippen LogP contribution in [0, 0.1) is 5.21 Å². The molecule has 13 heavy (non-hydrogen) atoms. The highest BCUT2D eigenvalue weighted by atomic mass is 16.5. The molecule has 1 rings (SSSR count). The second-order valence-corrected chi connectivity index (χ2v) is 3.61. The van der Waals surface area contributed by atoms with Crippen LogP contribution < -0.4 is 0 Å². The lowest BCUT2D eigenvalue weighted by Gasteiger charge is -2.12. The van der Waals surface area contributed by atoms with Gasteiger partial charge in [-0.15, -0.1) is 9.97 Å². The average Bonchev–Trinajstić information content (AvgIpc) is 2.03. The van der Waals surface area contributed by atoms with E-state index in [0.717, 1.165) is 0 Å². The van der Waals surface area contributed by atoms with Crippen LogP contribution in [0.4, 0.5) is 5.82 Å². The first kappa shape index (κ1) is 9.57. The predicted octanol–water partition coefficient (Wildman–Crippen LogP) is 1.87. The summed E-state index contributed by atoms with van der Waals surface area (Å²) >= 11 is 0. The van der Waals surface area contributed by atoms with Crippen molar-refractivity contribution < 1.29 is 4.86 Å². The first-order valence-electron chi connectivity index (χ1n) is 3.95. The van der Waals surface area contributed by atoms with Crippen molar-refractivity contribution in [1.82, 2.24) is 9.97 Å². The second-order valence-electron chi connectivity index (χ2n) is 3.61. The van der Waals surface area contributed by atoms with Crippen LogP contribution in [0.3, 0.4) is 0 Å². The average molecular weight is 180 g/mol. The number of azo groups is 1. The Kier molecular flexibility index (Phi) is 2.55. The van der Waals surface area contributed by atoms with Crippen molar-refractivity contribution in [2.45, 2.75) is 26.3 Å². The predicted molar refractivity (Wildman–Crippen MR) is 47.5 cm³/mol. The minimum atomic E-state index is -0.404. The fraction of sp³-hybridized carbons (Fsp3) is 0.500. The molecule has 1 heterocycles. The zero-order chi connectivity index (χ0) is 9.90. The highest BCUT2D eigenvalue weighted by Gasteiger charge is 2.12. The lowest BCUT2D eigenvalue weighted by Crippen LogP contribution is -2.13. The number of nitrogens with zero attached hydrogens (tertiary/aromatic N) is 4. The summed E-state index contributed by atoms with van der Waals surface area (Å²) in [6.07, 6.45) is 4.34. The summed E-state index contributed by atoms with van der Waals surface area (Å²) in [4.78, 5) is 8.08. The molecular formula is C8H12N4O. The summed E-state index contributed by atoms with van der Waals surface area (Å²) in [5, 5.41) is 15.2. The molecule has 0 radical (unpaired) electrons. The molecule has 70 valence electrons. The van der Waals surface area contributed by atoms with Gasteiger partial charge in [0.1, 0.15) is 6.20 Å². The monoisotopic (exact) mass is 180 g/mol. The van der Waals surface area contributed by atoms with E-state index in [0.29, 0.717) is 4.86 Å². The first-order valence-corrected chi connectivity index (χ1v) is 3.95. The van der Waals surface area contributed by atoms with Crippen molar-refractivity contribution >= 4 is 5.82 Å². The quantitative estimate of drug-likeness (QED) is 0.376. The van der Waals surface area contributed by atoms with Crippen LogP contribution in [-0.2, 0) is 0 Å². The molecule has 1 aromatic heterocycles. The molecule has 0 aliphatic rings. The highest BCUT2D eigenvalue weighted by Crippen LogP contribution is 2.11. The molecule has 0 fully saturated rings. The van der Waals surface area contributed by atoms with E-state index in [-0.39, 0.29) is 5.82 Å². The third-order valence-corrected chi connectivity index (χ3v) is 1.14. The SMILES string of the molecule is CC(C)(C)N=[N+]([O-])c1cnccn1. The third kappa shape index (κ3) is 3.14. The molecule has 0 saturated carbocycles. The molecule has 0 aliphatic carbocycles. The lowest BCUT2D eigenvalue weighted by molar-refractivity contribution is -0.454. The molecule has 0 amide bonds. The maximum Gasteiger partial charge on any atom is 0.365 e. The minimum Gasteiger partial charge on any atom is -0.691 e. The van der Waals surface area contributed by atoms with E-state index < -0.39 is 5.54 Å². The molecule has 0 bridgehead atoms. The summed E-state index contributed by atoms with van der Waals surface area (Å²) in [5.41, 5.74) is -0.404. The number of rotatable bonds is 1. The number of aromatic nitrogens is 2. The molecule has 5 heteroatoms. The van der Waals surface area contributed by atoms with Crippen LogP contribution in [0.25, 0.3) is 0 Å². The molecular weight excluding hydrogens is 168 g/mol. The van der Waals surface area contributed by atoms with E-state index >= 15 is 0 Å². The molecule has 0 N–H and O–H groups in total. The summed E-state index contributed by atoms with van der Waals surface area (Å²) in [6, 6.07) is 0. The van der Waals surface area contributed by atoms with Gasteiger partial charge >= 0.3 is 5.82 Å². The van der Waals surface area contributed by atoms with E-state index in [1.165, 1.54) is 18.6 Å². The zero-order valence-electron chi connectivity index (χ0n) is 7.93. The van der Waals surface area contributed by atoms with Gasteiger partial charge in [0.25, 0.3) is 0 Å². The zero-order valence-corrected chi connectivity index (χ0v) is 7.93. The van der Waals surface area contributed by atoms with Crippen molar-refractivity contribution in [2.75, 3.05) is 0 Å². The molecule has 5 nitrogen and oxygen atoms in total. The van der Waals surface area contributed by atoms with Gasteiger partial charge in [-0.25, -0.2) is 0 Å². The Hall–Kier alpha value is -1.52. The fourth-order valence-corrected chi connectivity index (χ4v) is 0.714. The van der Waals surface area contributed by atoms with Gasteiger partial charge < -0.3 is 5.21 Å². The fourth-order valence-electron chi connectivity index (χ4n) is 0.714. The van der Waals surface area contributed by atoms with Crippen LogP contribution >= 0.6 is 0 Å². The van der Waals surface area contributed by atoms with Gasteiger partial charge in [-0.3, -0.25) is 4.98 Å². The Balaban J connectivity index is 2.92. The maximum atomic E-state index is 11.3. The second kappa shape index (κ2) is 3.47. The van der Waals surface area contributed by atoms with Gasteiger partial charge in [0.05, 0.1) is 11.7 Å². The van der Waals surface area contributed by atoms with Crippen molar-refractivity contribution in [1.29, 1.82) is 0 Å². The van der Waals surface area contributed by atoms with Crippen LogP contribution in [0.15, 0.2) is 23.7 Å². The van der Waals surface area contributed by atoms with Crippen molar-refractivity contribution in [3.05, 3.63) is 23.8 Å². The van der Waals surface area contributed by atoms with E-state index in [1.807, 2.05) is 20.8 Å².